The molecule has 0 radical (unpaired) electrons. The van der Waals surface area contributed by atoms with Gasteiger partial charge in [0.2, 0.25) is 0 Å². The first-order valence-corrected chi connectivity index (χ1v) is 6.26. The van der Waals surface area contributed by atoms with E-state index in [4.69, 9.17) is 11.6 Å². The van der Waals surface area contributed by atoms with Gasteiger partial charge < -0.3 is 10.4 Å². The van der Waals surface area contributed by atoms with Crippen LogP contribution in [-0.2, 0) is 13.1 Å². The molecule has 3 heteroatoms. The van der Waals surface area contributed by atoms with Crippen LogP contribution in [0.15, 0.2) is 42.5 Å². The Hall–Kier alpha value is -1.51. The first-order chi connectivity index (χ1) is 8.65. The quantitative estimate of drug-likeness (QED) is 0.881. The van der Waals surface area contributed by atoms with Crippen LogP contribution in [-0.4, -0.2) is 5.11 Å². The predicted octanol–water partition coefficient (Wildman–Crippen LogP) is 3.64. The van der Waals surface area contributed by atoms with Crippen LogP contribution in [0, 0.1) is 6.92 Å². The van der Waals surface area contributed by atoms with E-state index in [0.29, 0.717) is 5.75 Å². The topological polar surface area (TPSA) is 32.3 Å². The van der Waals surface area contributed by atoms with Crippen molar-refractivity contribution in [2.24, 2.45) is 0 Å². The van der Waals surface area contributed by atoms with Crippen molar-refractivity contribution in [3.05, 3.63) is 64.2 Å². The number of phenolic OH excluding ortho intramolecular Hbond substituents is 1. The Labute approximate surface area is 112 Å². The van der Waals surface area contributed by atoms with Gasteiger partial charge in [-0.15, -0.1) is 0 Å². The van der Waals surface area contributed by atoms with E-state index in [1.165, 1.54) is 5.56 Å². The summed E-state index contributed by atoms with van der Waals surface area (Å²) >= 11 is 6.16. The Kier molecular flexibility index (Phi) is 4.24. The number of rotatable bonds is 4. The number of aryl methyl sites for hydroxylation is 1. The van der Waals surface area contributed by atoms with Crippen molar-refractivity contribution in [2.45, 2.75) is 20.0 Å². The molecule has 0 amide bonds. The Morgan fingerprint density at radius 1 is 1.06 bits per heavy atom. The van der Waals surface area contributed by atoms with Crippen LogP contribution in [0.5, 0.6) is 5.75 Å². The van der Waals surface area contributed by atoms with Crippen LogP contribution in [0.3, 0.4) is 0 Å². The van der Waals surface area contributed by atoms with Gasteiger partial charge >= 0.3 is 0 Å². The molecule has 0 saturated carbocycles. The molecule has 2 nitrogen and oxygen atoms in total. The number of hydrogen-bond acceptors (Lipinski definition) is 2. The molecule has 2 aromatic rings. The monoisotopic (exact) mass is 261 g/mol. The molecule has 0 bridgehead atoms. The molecule has 0 unspecified atom stereocenters. The van der Waals surface area contributed by atoms with Gasteiger partial charge in [-0.1, -0.05) is 35.9 Å². The fourth-order valence-corrected chi connectivity index (χ4v) is 2.05. The number of nitrogens with one attached hydrogen (secondary N) is 1. The molecule has 94 valence electrons. The van der Waals surface area contributed by atoms with E-state index in [9.17, 15) is 5.11 Å². The van der Waals surface area contributed by atoms with Gasteiger partial charge in [-0.05, 0) is 41.8 Å². The molecule has 0 heterocycles. The maximum absolute atomic E-state index is 9.18. The molecule has 0 aliphatic carbocycles. The van der Waals surface area contributed by atoms with Gasteiger partial charge in [-0.3, -0.25) is 0 Å². The van der Waals surface area contributed by atoms with Crippen molar-refractivity contribution in [3.8, 4) is 5.75 Å². The SMILES string of the molecule is Cc1ccc(CNCc2ccc(O)cc2)c(Cl)c1. The fourth-order valence-electron chi connectivity index (χ4n) is 1.75. The van der Waals surface area contributed by atoms with Gasteiger partial charge in [0.25, 0.3) is 0 Å². The van der Waals surface area contributed by atoms with Crippen LogP contribution >= 0.6 is 11.6 Å². The minimum atomic E-state index is 0.292. The lowest BCUT2D eigenvalue weighted by molar-refractivity contribution is 0.475. The highest BCUT2D eigenvalue weighted by Gasteiger charge is 2.00. The van der Waals surface area contributed by atoms with Crippen molar-refractivity contribution < 1.29 is 5.11 Å². The smallest absolute Gasteiger partial charge is 0.115 e. The molecule has 0 aliphatic rings. The second-order valence-electron chi connectivity index (χ2n) is 4.36. The van der Waals surface area contributed by atoms with E-state index >= 15 is 0 Å². The molecule has 2 rings (SSSR count). The number of aromatic hydroxyl groups is 1. The Morgan fingerprint density at radius 3 is 2.44 bits per heavy atom. The standard InChI is InChI=1S/C15H16ClNO/c1-11-2-5-13(15(16)8-11)10-17-9-12-3-6-14(18)7-4-12/h2-8,17-18H,9-10H2,1H3. The zero-order valence-electron chi connectivity index (χ0n) is 10.3. The Bertz CT molecular complexity index is 523. The number of benzene rings is 2. The molecule has 18 heavy (non-hydrogen) atoms. The molecular weight excluding hydrogens is 246 g/mol. The van der Waals surface area contributed by atoms with Crippen LogP contribution in [0.2, 0.25) is 5.02 Å². The van der Waals surface area contributed by atoms with Crippen molar-refractivity contribution in [2.75, 3.05) is 0 Å². The molecular formula is C15H16ClNO. The summed E-state index contributed by atoms with van der Waals surface area (Å²) < 4.78 is 0. The van der Waals surface area contributed by atoms with E-state index in [2.05, 4.69) is 11.4 Å². The summed E-state index contributed by atoms with van der Waals surface area (Å²) in [5, 5.41) is 13.3. The molecule has 0 atom stereocenters. The fraction of sp³-hybridized carbons (Fsp3) is 0.200. The van der Waals surface area contributed by atoms with Gasteiger partial charge in [0.15, 0.2) is 0 Å². The van der Waals surface area contributed by atoms with Crippen LogP contribution in [0.4, 0.5) is 0 Å². The molecule has 0 fully saturated rings. The van der Waals surface area contributed by atoms with E-state index in [0.717, 1.165) is 29.2 Å². The van der Waals surface area contributed by atoms with Crippen LogP contribution < -0.4 is 5.32 Å². The first-order valence-electron chi connectivity index (χ1n) is 5.89. The lowest BCUT2D eigenvalue weighted by Gasteiger charge is -2.07. The maximum Gasteiger partial charge on any atom is 0.115 e. The number of phenols is 1. The molecule has 2 aromatic carbocycles. The summed E-state index contributed by atoms with van der Waals surface area (Å²) in [5.74, 6) is 0.292. The zero-order chi connectivity index (χ0) is 13.0. The number of halogens is 1. The van der Waals surface area contributed by atoms with Gasteiger partial charge in [0, 0.05) is 18.1 Å². The molecule has 0 aliphatic heterocycles. The molecule has 0 aromatic heterocycles. The summed E-state index contributed by atoms with van der Waals surface area (Å²) in [4.78, 5) is 0. The normalized spacial score (nSPS) is 10.6. The van der Waals surface area contributed by atoms with Crippen molar-refractivity contribution in [1.82, 2.24) is 5.32 Å². The lowest BCUT2D eigenvalue weighted by atomic mass is 10.1. The van der Waals surface area contributed by atoms with E-state index < -0.39 is 0 Å². The lowest BCUT2D eigenvalue weighted by Crippen LogP contribution is -2.12. The van der Waals surface area contributed by atoms with E-state index in [1.807, 2.05) is 31.2 Å². The van der Waals surface area contributed by atoms with Gasteiger partial charge in [0.05, 0.1) is 0 Å². The average molecular weight is 262 g/mol. The highest BCUT2D eigenvalue weighted by atomic mass is 35.5. The third-order valence-corrected chi connectivity index (χ3v) is 3.14. The van der Waals surface area contributed by atoms with Crippen molar-refractivity contribution in [1.29, 1.82) is 0 Å². The van der Waals surface area contributed by atoms with Crippen molar-refractivity contribution in [3.63, 3.8) is 0 Å². The first kappa shape index (κ1) is 12.9. The Morgan fingerprint density at radius 2 is 1.78 bits per heavy atom. The highest BCUT2D eigenvalue weighted by molar-refractivity contribution is 6.31. The van der Waals surface area contributed by atoms with Gasteiger partial charge in [-0.2, -0.15) is 0 Å². The second kappa shape index (κ2) is 5.89. The van der Waals surface area contributed by atoms with Crippen LogP contribution in [0.1, 0.15) is 16.7 Å². The summed E-state index contributed by atoms with van der Waals surface area (Å²) in [7, 11) is 0. The van der Waals surface area contributed by atoms with E-state index in [1.54, 1.807) is 12.1 Å². The summed E-state index contributed by atoms with van der Waals surface area (Å²) in [5.41, 5.74) is 3.40. The summed E-state index contributed by atoms with van der Waals surface area (Å²) in [6.45, 7) is 3.52. The van der Waals surface area contributed by atoms with Gasteiger partial charge in [0.1, 0.15) is 5.75 Å². The summed E-state index contributed by atoms with van der Waals surface area (Å²) in [6, 6.07) is 13.3. The maximum atomic E-state index is 9.18. The minimum Gasteiger partial charge on any atom is -0.508 e. The van der Waals surface area contributed by atoms with Gasteiger partial charge in [-0.25, -0.2) is 0 Å². The van der Waals surface area contributed by atoms with Crippen LogP contribution in [0.25, 0.3) is 0 Å². The molecule has 2 N–H and O–H groups in total. The largest absolute Gasteiger partial charge is 0.508 e. The third kappa shape index (κ3) is 3.49. The third-order valence-electron chi connectivity index (χ3n) is 2.79. The highest BCUT2D eigenvalue weighted by Crippen LogP contribution is 2.17. The average Bonchev–Trinajstić information content (AvgIpc) is 2.34. The predicted molar refractivity (Wildman–Crippen MR) is 74.8 cm³/mol. The molecule has 0 spiro atoms. The Balaban J connectivity index is 1.90. The van der Waals surface area contributed by atoms with E-state index in [-0.39, 0.29) is 0 Å². The zero-order valence-corrected chi connectivity index (χ0v) is 11.0. The molecule has 0 saturated heterocycles. The number of hydrogen-bond donors (Lipinski definition) is 2. The summed E-state index contributed by atoms with van der Waals surface area (Å²) in [6.07, 6.45) is 0. The van der Waals surface area contributed by atoms with Crippen molar-refractivity contribution >= 4 is 11.6 Å². The minimum absolute atomic E-state index is 0.292. The second-order valence-corrected chi connectivity index (χ2v) is 4.77.